The number of fused-ring (bicyclic) bond motifs is 1. The first-order valence-electron chi connectivity index (χ1n) is 9.17. The minimum absolute atomic E-state index is 0.125. The Morgan fingerprint density at radius 3 is 2.48 bits per heavy atom. The number of rotatable bonds is 7. The summed E-state index contributed by atoms with van der Waals surface area (Å²) in [6, 6.07) is 15.5. The van der Waals surface area contributed by atoms with Crippen LogP contribution in [0.25, 0.3) is 10.8 Å². The predicted molar refractivity (Wildman–Crippen MR) is 113 cm³/mol. The lowest BCUT2D eigenvalue weighted by Crippen LogP contribution is -2.35. The summed E-state index contributed by atoms with van der Waals surface area (Å²) < 4.78 is 32.9. The molecule has 0 bridgehead atoms. The van der Waals surface area contributed by atoms with Crippen molar-refractivity contribution < 1.29 is 17.9 Å². The van der Waals surface area contributed by atoms with E-state index in [1.165, 1.54) is 13.1 Å². The maximum absolute atomic E-state index is 13.1. The highest BCUT2D eigenvalue weighted by atomic mass is 32.2. The number of ether oxygens (including phenoxy) is 1. The third-order valence-corrected chi connectivity index (χ3v) is 6.22. The van der Waals surface area contributed by atoms with E-state index < -0.39 is 15.9 Å². The van der Waals surface area contributed by atoms with E-state index in [0.29, 0.717) is 28.9 Å². The topological polar surface area (TPSA) is 88.6 Å². The summed E-state index contributed by atoms with van der Waals surface area (Å²) in [6.07, 6.45) is 0. The summed E-state index contributed by atoms with van der Waals surface area (Å²) in [5, 5.41) is 3.88. The fraction of sp³-hybridized carbons (Fsp3) is 0.238. The van der Waals surface area contributed by atoms with Gasteiger partial charge in [0, 0.05) is 23.5 Å². The molecule has 0 spiro atoms. The van der Waals surface area contributed by atoms with Gasteiger partial charge in [-0.2, -0.15) is 4.31 Å². The predicted octanol–water partition coefficient (Wildman–Crippen LogP) is 3.20. The Labute approximate surface area is 170 Å². The Balaban J connectivity index is 1.86. The number of hydrogen-bond acceptors (Lipinski definition) is 5. The quantitative estimate of drug-likeness (QED) is 0.643. The van der Waals surface area contributed by atoms with Crippen molar-refractivity contribution in [2.24, 2.45) is 0 Å². The Morgan fingerprint density at radius 1 is 1.07 bits per heavy atom. The van der Waals surface area contributed by atoms with Crippen molar-refractivity contribution in [1.29, 1.82) is 0 Å². The van der Waals surface area contributed by atoms with Gasteiger partial charge in [-0.1, -0.05) is 30.3 Å². The summed E-state index contributed by atoms with van der Waals surface area (Å²) in [5.74, 6) is 0.532. The van der Waals surface area contributed by atoms with Gasteiger partial charge in [0.1, 0.15) is 11.6 Å². The molecule has 0 aliphatic rings. The molecule has 8 heteroatoms. The average Bonchev–Trinajstić information content (AvgIpc) is 2.68. The molecule has 0 atom stereocenters. The fourth-order valence-electron chi connectivity index (χ4n) is 3.00. The Morgan fingerprint density at radius 2 is 1.79 bits per heavy atom. The third kappa shape index (κ3) is 4.55. The number of benzene rings is 2. The van der Waals surface area contributed by atoms with Crippen LogP contribution in [-0.4, -0.2) is 43.8 Å². The first-order chi connectivity index (χ1) is 13.8. The van der Waals surface area contributed by atoms with Crippen LogP contribution >= 0.6 is 0 Å². The van der Waals surface area contributed by atoms with Crippen LogP contribution < -0.4 is 10.1 Å². The number of nitrogens with zero attached hydrogens (tertiary/aromatic N) is 2. The maximum atomic E-state index is 13.1. The van der Waals surface area contributed by atoms with Gasteiger partial charge in [0.05, 0.1) is 18.0 Å². The second kappa shape index (κ2) is 8.59. The molecule has 1 amide bonds. The molecule has 0 radical (unpaired) electrons. The fourth-order valence-corrected chi connectivity index (χ4v) is 4.32. The van der Waals surface area contributed by atoms with Crippen LogP contribution in [0.3, 0.4) is 0 Å². The average molecular weight is 413 g/mol. The zero-order chi connectivity index (χ0) is 21.0. The molecule has 152 valence electrons. The van der Waals surface area contributed by atoms with Crippen LogP contribution in [0, 0.1) is 6.92 Å². The molecule has 1 heterocycles. The van der Waals surface area contributed by atoms with Crippen LogP contribution in [0.1, 0.15) is 12.6 Å². The van der Waals surface area contributed by atoms with Crippen LogP contribution in [-0.2, 0) is 14.8 Å². The zero-order valence-electron chi connectivity index (χ0n) is 16.5. The first kappa shape index (κ1) is 20.8. The van der Waals surface area contributed by atoms with Crippen molar-refractivity contribution in [3.8, 4) is 5.75 Å². The third-order valence-electron chi connectivity index (χ3n) is 4.35. The normalized spacial score (nSPS) is 11.6. The lowest BCUT2D eigenvalue weighted by molar-refractivity contribution is -0.116. The number of carbonyl (C=O) groups is 1. The molecule has 0 aliphatic carbocycles. The van der Waals surface area contributed by atoms with E-state index in [1.807, 2.05) is 32.0 Å². The van der Waals surface area contributed by atoms with E-state index in [9.17, 15) is 13.2 Å². The van der Waals surface area contributed by atoms with Crippen molar-refractivity contribution in [2.75, 3.05) is 25.5 Å². The number of sulfonamides is 1. The van der Waals surface area contributed by atoms with Gasteiger partial charge in [-0.25, -0.2) is 13.4 Å². The molecule has 0 fully saturated rings. The molecule has 0 unspecified atom stereocenters. The molecule has 3 aromatic rings. The largest absolute Gasteiger partial charge is 0.493 e. The molecule has 0 aliphatic heterocycles. The van der Waals surface area contributed by atoms with E-state index in [4.69, 9.17) is 4.74 Å². The van der Waals surface area contributed by atoms with Crippen molar-refractivity contribution in [1.82, 2.24) is 9.29 Å². The van der Waals surface area contributed by atoms with Gasteiger partial charge in [0.25, 0.3) is 0 Å². The van der Waals surface area contributed by atoms with E-state index >= 15 is 0 Å². The second-order valence-corrected chi connectivity index (χ2v) is 8.53. The number of nitrogens with one attached hydrogen (secondary N) is 1. The summed E-state index contributed by atoms with van der Waals surface area (Å²) in [4.78, 5) is 16.7. The van der Waals surface area contributed by atoms with Crippen LogP contribution in [0.2, 0.25) is 0 Å². The monoisotopic (exact) mass is 413 g/mol. The minimum atomic E-state index is -3.90. The van der Waals surface area contributed by atoms with Crippen LogP contribution in [0.5, 0.6) is 5.75 Å². The smallest absolute Gasteiger partial charge is 0.243 e. The maximum Gasteiger partial charge on any atom is 0.243 e. The highest BCUT2D eigenvalue weighted by molar-refractivity contribution is 7.89. The Kier molecular flexibility index (Phi) is 6.14. The van der Waals surface area contributed by atoms with E-state index in [-0.39, 0.29) is 11.4 Å². The summed E-state index contributed by atoms with van der Waals surface area (Å²) in [6.45, 7) is 3.82. The summed E-state index contributed by atoms with van der Waals surface area (Å²) in [5.41, 5.74) is 0.754. The first-order valence-corrected chi connectivity index (χ1v) is 10.6. The number of carbonyl (C=O) groups excluding carboxylic acids is 1. The molecular formula is C21H23N3O4S. The number of hydrogen-bond donors (Lipinski definition) is 1. The lowest BCUT2D eigenvalue weighted by Gasteiger charge is -2.19. The number of aryl methyl sites for hydroxylation is 1. The lowest BCUT2D eigenvalue weighted by atomic mass is 10.1. The van der Waals surface area contributed by atoms with Gasteiger partial charge in [0.2, 0.25) is 15.9 Å². The van der Waals surface area contributed by atoms with Crippen molar-refractivity contribution in [3.05, 3.63) is 60.3 Å². The number of amides is 1. The zero-order valence-corrected chi connectivity index (χ0v) is 17.4. The van der Waals surface area contributed by atoms with Crippen LogP contribution in [0.4, 0.5) is 5.82 Å². The standard InChI is InChI=1S/C21H23N3O4S/c1-4-28-18-12-13-19(17-10-6-5-9-16(17)18)29(26,27)24(3)14-21(25)23-20-11-7-8-15(2)22-20/h5-13H,4,14H2,1-3H3,(H,22,23,25). The number of pyridine rings is 1. The number of anilines is 1. The van der Waals surface area contributed by atoms with E-state index in [1.54, 1.807) is 30.3 Å². The molecule has 0 saturated heterocycles. The van der Waals surface area contributed by atoms with Gasteiger partial charge in [0.15, 0.2) is 0 Å². The highest BCUT2D eigenvalue weighted by Gasteiger charge is 2.26. The highest BCUT2D eigenvalue weighted by Crippen LogP contribution is 2.32. The minimum Gasteiger partial charge on any atom is -0.493 e. The molecule has 0 saturated carbocycles. The number of likely N-dealkylation sites (N-methyl/N-ethyl adjacent to an activating group) is 1. The van der Waals surface area contributed by atoms with Gasteiger partial charge in [-0.15, -0.1) is 0 Å². The van der Waals surface area contributed by atoms with Gasteiger partial charge in [-0.05, 0) is 38.1 Å². The van der Waals surface area contributed by atoms with Crippen molar-refractivity contribution in [3.63, 3.8) is 0 Å². The van der Waals surface area contributed by atoms with Gasteiger partial charge < -0.3 is 10.1 Å². The SMILES string of the molecule is CCOc1ccc(S(=O)(=O)N(C)CC(=O)Nc2cccc(C)n2)c2ccccc12. The molecule has 1 N–H and O–H groups in total. The molecule has 2 aromatic carbocycles. The van der Waals surface area contributed by atoms with E-state index in [2.05, 4.69) is 10.3 Å². The Bertz CT molecular complexity index is 1150. The van der Waals surface area contributed by atoms with Crippen molar-refractivity contribution >= 4 is 32.5 Å². The Hall–Kier alpha value is -2.97. The summed E-state index contributed by atoms with van der Waals surface area (Å²) >= 11 is 0. The van der Waals surface area contributed by atoms with Crippen LogP contribution in [0.15, 0.2) is 59.5 Å². The molecule has 7 nitrogen and oxygen atoms in total. The molecular weight excluding hydrogens is 390 g/mol. The molecule has 3 rings (SSSR count). The van der Waals surface area contributed by atoms with Gasteiger partial charge in [-0.3, -0.25) is 4.79 Å². The number of aromatic nitrogens is 1. The second-order valence-electron chi connectivity index (χ2n) is 6.51. The molecule has 1 aromatic heterocycles. The van der Waals surface area contributed by atoms with E-state index in [0.717, 1.165) is 10.00 Å². The molecule has 29 heavy (non-hydrogen) atoms. The van der Waals surface area contributed by atoms with Crippen molar-refractivity contribution in [2.45, 2.75) is 18.7 Å². The summed E-state index contributed by atoms with van der Waals surface area (Å²) in [7, 11) is -2.52. The van der Waals surface area contributed by atoms with Gasteiger partial charge >= 0.3 is 0 Å².